The minimum Gasteiger partial charge on any atom is -0.465 e. The number of carbonyl (C=O) groups excluding carboxylic acids is 2. The average molecular weight is 220 g/mol. The van der Waals surface area contributed by atoms with Crippen molar-refractivity contribution >= 4 is 11.9 Å². The molecule has 0 fully saturated rings. The van der Waals surface area contributed by atoms with E-state index in [2.05, 4.69) is 21.6 Å². The molecule has 1 heterocycles. The number of nitrogens with one attached hydrogen (secondary N) is 1. The first-order valence-corrected chi connectivity index (χ1v) is 4.60. The van der Waals surface area contributed by atoms with Gasteiger partial charge in [-0.05, 0) is 17.7 Å². The maximum Gasteiger partial charge on any atom is 0.339 e. The van der Waals surface area contributed by atoms with Gasteiger partial charge in [-0.2, -0.15) is 0 Å². The van der Waals surface area contributed by atoms with Gasteiger partial charge in [0.2, 0.25) is 5.91 Å². The summed E-state index contributed by atoms with van der Waals surface area (Å²) in [5.41, 5.74) is 1.07. The quantitative estimate of drug-likeness (QED) is 0.598. The summed E-state index contributed by atoms with van der Waals surface area (Å²) >= 11 is 0. The van der Waals surface area contributed by atoms with Crippen LogP contribution in [0.3, 0.4) is 0 Å². The van der Waals surface area contributed by atoms with Crippen molar-refractivity contribution in [3.63, 3.8) is 0 Å². The molecule has 84 valence electrons. The molecule has 1 N–H and O–H groups in total. The van der Waals surface area contributed by atoms with Crippen LogP contribution in [0.2, 0.25) is 0 Å². The second kappa shape index (κ2) is 5.65. The van der Waals surface area contributed by atoms with Gasteiger partial charge in [-0.3, -0.25) is 9.78 Å². The highest BCUT2D eigenvalue weighted by Crippen LogP contribution is 2.03. The van der Waals surface area contributed by atoms with Crippen LogP contribution in [0.15, 0.2) is 31.1 Å². The minimum atomic E-state index is -0.454. The van der Waals surface area contributed by atoms with Gasteiger partial charge in [-0.25, -0.2) is 4.79 Å². The molecule has 5 nitrogen and oxygen atoms in total. The second-order valence-corrected chi connectivity index (χ2v) is 3.00. The van der Waals surface area contributed by atoms with Gasteiger partial charge >= 0.3 is 5.97 Å². The predicted octanol–water partition coefficient (Wildman–Crippen LogP) is 0.670. The lowest BCUT2D eigenvalue weighted by Gasteiger charge is -2.04. The maximum atomic E-state index is 11.2. The molecule has 0 saturated heterocycles. The van der Waals surface area contributed by atoms with Crippen LogP contribution < -0.4 is 5.32 Å². The standard InChI is InChI=1S/C11H12N2O3/c1-3-10(14)13-6-8-4-9(7-12-5-8)11(15)16-2/h3-5,7H,1,6H2,2H3,(H,13,14). The number of nitrogens with zero attached hydrogens (tertiary/aromatic N) is 1. The summed E-state index contributed by atoms with van der Waals surface area (Å²) < 4.78 is 4.56. The SMILES string of the molecule is C=CC(=O)NCc1cncc(C(=O)OC)c1. The van der Waals surface area contributed by atoms with Gasteiger partial charge < -0.3 is 10.1 Å². The monoisotopic (exact) mass is 220 g/mol. The van der Waals surface area contributed by atoms with Gasteiger partial charge in [0.15, 0.2) is 0 Å². The first-order valence-electron chi connectivity index (χ1n) is 4.60. The zero-order chi connectivity index (χ0) is 12.0. The lowest BCUT2D eigenvalue weighted by molar-refractivity contribution is -0.116. The van der Waals surface area contributed by atoms with Crippen LogP contribution in [-0.4, -0.2) is 24.0 Å². The number of esters is 1. The van der Waals surface area contributed by atoms with Crippen LogP contribution in [0.5, 0.6) is 0 Å². The Morgan fingerprint density at radius 1 is 1.56 bits per heavy atom. The molecule has 5 heteroatoms. The predicted molar refractivity (Wildman–Crippen MR) is 57.6 cm³/mol. The molecule has 0 atom stereocenters. The highest BCUT2D eigenvalue weighted by Gasteiger charge is 2.06. The molecule has 0 spiro atoms. The molecule has 0 unspecified atom stereocenters. The number of ether oxygens (including phenoxy) is 1. The number of amides is 1. The third kappa shape index (κ3) is 3.20. The Hall–Kier alpha value is -2.17. The Morgan fingerprint density at radius 3 is 2.94 bits per heavy atom. The Morgan fingerprint density at radius 2 is 2.31 bits per heavy atom. The number of rotatable bonds is 4. The molecule has 0 saturated carbocycles. The van der Waals surface area contributed by atoms with Crippen molar-refractivity contribution in [2.75, 3.05) is 7.11 Å². The summed E-state index contributed by atoms with van der Waals surface area (Å²) in [4.78, 5) is 26.0. The van der Waals surface area contributed by atoms with Crippen molar-refractivity contribution in [3.8, 4) is 0 Å². The van der Waals surface area contributed by atoms with Crippen LogP contribution in [0.25, 0.3) is 0 Å². The van der Waals surface area contributed by atoms with E-state index in [1.165, 1.54) is 19.4 Å². The second-order valence-electron chi connectivity index (χ2n) is 3.00. The van der Waals surface area contributed by atoms with Crippen molar-refractivity contribution in [2.24, 2.45) is 0 Å². The van der Waals surface area contributed by atoms with Crippen LogP contribution in [0.1, 0.15) is 15.9 Å². The van der Waals surface area contributed by atoms with E-state index in [0.717, 1.165) is 5.56 Å². The third-order valence-corrected chi connectivity index (χ3v) is 1.87. The molecule has 1 rings (SSSR count). The lowest BCUT2D eigenvalue weighted by atomic mass is 10.2. The number of pyridine rings is 1. The van der Waals surface area contributed by atoms with Gasteiger partial charge in [-0.1, -0.05) is 6.58 Å². The molecule has 0 aliphatic heterocycles. The normalized spacial score (nSPS) is 9.31. The molecular weight excluding hydrogens is 208 g/mol. The van der Waals surface area contributed by atoms with Gasteiger partial charge in [0.05, 0.1) is 12.7 Å². The van der Waals surface area contributed by atoms with E-state index in [1.54, 1.807) is 12.3 Å². The number of aromatic nitrogens is 1. The maximum absolute atomic E-state index is 11.2. The largest absolute Gasteiger partial charge is 0.465 e. The fourth-order valence-corrected chi connectivity index (χ4v) is 1.08. The Bertz CT molecular complexity index is 415. The van der Waals surface area contributed by atoms with E-state index in [0.29, 0.717) is 12.1 Å². The van der Waals surface area contributed by atoms with E-state index in [9.17, 15) is 9.59 Å². The van der Waals surface area contributed by atoms with E-state index in [4.69, 9.17) is 0 Å². The Labute approximate surface area is 93.1 Å². The fourth-order valence-electron chi connectivity index (χ4n) is 1.08. The molecule has 0 aliphatic carbocycles. The summed E-state index contributed by atoms with van der Waals surface area (Å²) in [5, 5.41) is 2.58. The summed E-state index contributed by atoms with van der Waals surface area (Å²) in [6.45, 7) is 3.62. The van der Waals surface area contributed by atoms with Crippen molar-refractivity contribution in [1.29, 1.82) is 0 Å². The van der Waals surface area contributed by atoms with Crippen LogP contribution in [0.4, 0.5) is 0 Å². The summed E-state index contributed by atoms with van der Waals surface area (Å²) in [6.07, 6.45) is 4.15. The van der Waals surface area contributed by atoms with Gasteiger partial charge in [0, 0.05) is 18.9 Å². The molecule has 1 aromatic heterocycles. The van der Waals surface area contributed by atoms with Crippen LogP contribution >= 0.6 is 0 Å². The third-order valence-electron chi connectivity index (χ3n) is 1.87. The smallest absolute Gasteiger partial charge is 0.339 e. The van der Waals surface area contributed by atoms with Crippen molar-refractivity contribution < 1.29 is 14.3 Å². The molecular formula is C11H12N2O3. The summed E-state index contributed by atoms with van der Waals surface area (Å²) in [7, 11) is 1.30. The number of hydrogen-bond donors (Lipinski definition) is 1. The highest BCUT2D eigenvalue weighted by atomic mass is 16.5. The zero-order valence-electron chi connectivity index (χ0n) is 8.90. The minimum absolute atomic E-state index is 0.275. The first-order chi connectivity index (χ1) is 7.67. The van der Waals surface area contributed by atoms with E-state index >= 15 is 0 Å². The van der Waals surface area contributed by atoms with Gasteiger partial charge in [0.1, 0.15) is 0 Å². The van der Waals surface area contributed by atoms with Gasteiger partial charge in [0.25, 0.3) is 0 Å². The number of hydrogen-bond acceptors (Lipinski definition) is 4. The highest BCUT2D eigenvalue weighted by molar-refractivity contribution is 5.89. The van der Waals surface area contributed by atoms with E-state index in [-0.39, 0.29) is 5.91 Å². The molecule has 0 aromatic carbocycles. The Kier molecular flexibility index (Phi) is 4.20. The van der Waals surface area contributed by atoms with Crippen LogP contribution in [0, 0.1) is 0 Å². The number of methoxy groups -OCH3 is 1. The van der Waals surface area contributed by atoms with E-state index in [1.807, 2.05) is 0 Å². The molecule has 16 heavy (non-hydrogen) atoms. The Balaban J connectivity index is 2.71. The molecule has 1 aromatic rings. The average Bonchev–Trinajstić information content (AvgIpc) is 2.35. The molecule has 0 bridgehead atoms. The van der Waals surface area contributed by atoms with Gasteiger partial charge in [-0.15, -0.1) is 0 Å². The topological polar surface area (TPSA) is 68.3 Å². The molecule has 0 radical (unpaired) electrons. The van der Waals surface area contributed by atoms with Crippen molar-refractivity contribution in [2.45, 2.75) is 6.54 Å². The fraction of sp³-hybridized carbons (Fsp3) is 0.182. The summed E-state index contributed by atoms with van der Waals surface area (Å²) in [5.74, 6) is -0.729. The van der Waals surface area contributed by atoms with Crippen molar-refractivity contribution in [3.05, 3.63) is 42.2 Å². The summed E-state index contributed by atoms with van der Waals surface area (Å²) in [6, 6.07) is 1.61. The number of carbonyl (C=O) groups is 2. The molecule has 0 aliphatic rings. The zero-order valence-corrected chi connectivity index (χ0v) is 8.90. The van der Waals surface area contributed by atoms with E-state index < -0.39 is 5.97 Å². The van der Waals surface area contributed by atoms with Crippen molar-refractivity contribution in [1.82, 2.24) is 10.3 Å². The first kappa shape index (κ1) is 11.9. The molecule has 1 amide bonds. The van der Waals surface area contributed by atoms with Crippen LogP contribution in [-0.2, 0) is 16.1 Å². The lowest BCUT2D eigenvalue weighted by Crippen LogP contribution is -2.20.